The molecule has 2 rings (SSSR count). The van der Waals surface area contributed by atoms with Gasteiger partial charge in [0.15, 0.2) is 0 Å². The van der Waals surface area contributed by atoms with Crippen LogP contribution in [0.25, 0.3) is 0 Å². The van der Waals surface area contributed by atoms with E-state index in [4.69, 9.17) is 4.74 Å². The van der Waals surface area contributed by atoms with E-state index < -0.39 is 0 Å². The zero-order valence-electron chi connectivity index (χ0n) is 15.3. The molecule has 0 radical (unpaired) electrons. The molecule has 0 aromatic heterocycles. The zero-order valence-corrected chi connectivity index (χ0v) is 15.3. The summed E-state index contributed by atoms with van der Waals surface area (Å²) in [5.41, 5.74) is 3.26. The summed E-state index contributed by atoms with van der Waals surface area (Å²) in [6, 6.07) is 6.49. The van der Waals surface area contributed by atoms with E-state index >= 15 is 0 Å². The van der Waals surface area contributed by atoms with Crippen molar-refractivity contribution in [2.24, 2.45) is 11.3 Å². The minimum absolute atomic E-state index is 0.450. The Labute approximate surface area is 136 Å². The smallest absolute Gasteiger partial charge is 0.122 e. The first-order chi connectivity index (χ1) is 10.3. The molecule has 1 aliphatic rings. The number of benzene rings is 1. The molecule has 1 aliphatic heterocycles. The average molecular weight is 303 g/mol. The summed E-state index contributed by atoms with van der Waals surface area (Å²) in [6.45, 7) is 15.2. The van der Waals surface area contributed by atoms with E-state index in [2.05, 4.69) is 57.7 Å². The maximum atomic E-state index is 5.58. The number of likely N-dealkylation sites (tertiary alicyclic amines) is 1. The Morgan fingerprint density at radius 1 is 1.18 bits per heavy atom. The lowest BCUT2D eigenvalue weighted by molar-refractivity contribution is 0.108. The second kappa shape index (κ2) is 7.04. The standard InChI is InChI=1S/C20H33NO/c1-15(2)19-16(8-7-9-18(19)22-6)14-21-12-10-17(11-13-21)20(3,4)5/h7-9,15,17H,10-14H2,1-6H3. The Bertz CT molecular complexity index is 479. The van der Waals surface area contributed by atoms with Crippen LogP contribution < -0.4 is 4.74 Å². The lowest BCUT2D eigenvalue weighted by Gasteiger charge is -2.39. The third kappa shape index (κ3) is 4.04. The second-order valence-electron chi connectivity index (χ2n) is 8.10. The van der Waals surface area contributed by atoms with Crippen molar-refractivity contribution in [2.45, 2.75) is 59.9 Å². The lowest BCUT2D eigenvalue weighted by Crippen LogP contribution is -2.37. The first-order valence-electron chi connectivity index (χ1n) is 8.71. The molecule has 1 saturated heterocycles. The minimum atomic E-state index is 0.450. The van der Waals surface area contributed by atoms with Crippen LogP contribution in [0.3, 0.4) is 0 Å². The Balaban J connectivity index is 2.07. The highest BCUT2D eigenvalue weighted by molar-refractivity contribution is 5.42. The molecule has 0 atom stereocenters. The third-order valence-corrected chi connectivity index (χ3v) is 5.16. The Kier molecular flexibility index (Phi) is 5.55. The van der Waals surface area contributed by atoms with Crippen LogP contribution in [0, 0.1) is 11.3 Å². The number of ether oxygens (including phenoxy) is 1. The van der Waals surface area contributed by atoms with Gasteiger partial charge < -0.3 is 4.74 Å². The average Bonchev–Trinajstić information content (AvgIpc) is 2.46. The van der Waals surface area contributed by atoms with Gasteiger partial charge in [-0.1, -0.05) is 46.8 Å². The zero-order chi connectivity index (χ0) is 16.3. The van der Waals surface area contributed by atoms with Crippen molar-refractivity contribution in [1.29, 1.82) is 0 Å². The first-order valence-corrected chi connectivity index (χ1v) is 8.71. The molecule has 0 bridgehead atoms. The Morgan fingerprint density at radius 2 is 1.82 bits per heavy atom. The lowest BCUT2D eigenvalue weighted by atomic mass is 9.75. The van der Waals surface area contributed by atoms with Crippen LogP contribution >= 0.6 is 0 Å². The Hall–Kier alpha value is -1.02. The molecule has 0 N–H and O–H groups in total. The van der Waals surface area contributed by atoms with Crippen molar-refractivity contribution in [3.63, 3.8) is 0 Å². The van der Waals surface area contributed by atoms with E-state index in [0.717, 1.165) is 18.2 Å². The van der Waals surface area contributed by atoms with Gasteiger partial charge in [0.25, 0.3) is 0 Å². The molecule has 2 nitrogen and oxygen atoms in total. The molecule has 0 spiro atoms. The van der Waals surface area contributed by atoms with Gasteiger partial charge in [0.1, 0.15) is 5.75 Å². The van der Waals surface area contributed by atoms with Crippen LogP contribution in [0.5, 0.6) is 5.75 Å². The predicted octanol–water partition coefficient (Wildman–Crippen LogP) is 5.08. The quantitative estimate of drug-likeness (QED) is 0.769. The summed E-state index contributed by atoms with van der Waals surface area (Å²) in [4.78, 5) is 2.61. The van der Waals surface area contributed by atoms with Gasteiger partial charge in [-0.2, -0.15) is 0 Å². The SMILES string of the molecule is COc1cccc(CN2CCC(C(C)(C)C)CC2)c1C(C)C. The van der Waals surface area contributed by atoms with Crippen molar-refractivity contribution in [3.8, 4) is 5.75 Å². The van der Waals surface area contributed by atoms with E-state index in [1.54, 1.807) is 7.11 Å². The monoisotopic (exact) mass is 303 g/mol. The maximum absolute atomic E-state index is 5.58. The maximum Gasteiger partial charge on any atom is 0.122 e. The van der Waals surface area contributed by atoms with Crippen LogP contribution in [0.15, 0.2) is 18.2 Å². The van der Waals surface area contributed by atoms with Gasteiger partial charge >= 0.3 is 0 Å². The van der Waals surface area contributed by atoms with Crippen LogP contribution in [-0.4, -0.2) is 25.1 Å². The van der Waals surface area contributed by atoms with Gasteiger partial charge in [-0.3, -0.25) is 4.90 Å². The molecular weight excluding hydrogens is 270 g/mol. The fourth-order valence-electron chi connectivity index (χ4n) is 3.76. The predicted molar refractivity (Wildman–Crippen MR) is 94.5 cm³/mol. The summed E-state index contributed by atoms with van der Waals surface area (Å²) < 4.78 is 5.58. The van der Waals surface area contributed by atoms with Crippen LogP contribution in [0.4, 0.5) is 0 Å². The number of piperidine rings is 1. The highest BCUT2D eigenvalue weighted by Gasteiger charge is 2.29. The highest BCUT2D eigenvalue weighted by Crippen LogP contribution is 2.36. The van der Waals surface area contributed by atoms with Crippen molar-refractivity contribution < 1.29 is 4.74 Å². The summed E-state index contributed by atoms with van der Waals surface area (Å²) in [5.74, 6) is 2.40. The molecule has 0 unspecified atom stereocenters. The number of methoxy groups -OCH3 is 1. The summed E-state index contributed by atoms with van der Waals surface area (Å²) in [5, 5.41) is 0. The molecule has 1 heterocycles. The molecule has 0 aliphatic carbocycles. The molecule has 2 heteroatoms. The topological polar surface area (TPSA) is 12.5 Å². The minimum Gasteiger partial charge on any atom is -0.496 e. The number of hydrogen-bond donors (Lipinski definition) is 0. The molecule has 1 aromatic rings. The molecule has 0 amide bonds. The molecule has 1 fully saturated rings. The molecule has 22 heavy (non-hydrogen) atoms. The fourth-order valence-corrected chi connectivity index (χ4v) is 3.76. The Morgan fingerprint density at radius 3 is 2.32 bits per heavy atom. The van der Waals surface area contributed by atoms with Gasteiger partial charge in [0, 0.05) is 12.1 Å². The van der Waals surface area contributed by atoms with E-state index in [-0.39, 0.29) is 0 Å². The van der Waals surface area contributed by atoms with Crippen molar-refractivity contribution in [2.75, 3.05) is 20.2 Å². The van der Waals surface area contributed by atoms with Gasteiger partial charge in [0.2, 0.25) is 0 Å². The summed E-state index contributed by atoms with van der Waals surface area (Å²) in [6.07, 6.45) is 2.65. The van der Waals surface area contributed by atoms with Gasteiger partial charge in [-0.15, -0.1) is 0 Å². The molecule has 0 saturated carbocycles. The van der Waals surface area contributed by atoms with Crippen molar-refractivity contribution in [1.82, 2.24) is 4.90 Å². The second-order valence-corrected chi connectivity index (χ2v) is 8.10. The summed E-state index contributed by atoms with van der Waals surface area (Å²) >= 11 is 0. The van der Waals surface area contributed by atoms with Crippen LogP contribution in [0.2, 0.25) is 0 Å². The van der Waals surface area contributed by atoms with Gasteiger partial charge in [-0.25, -0.2) is 0 Å². The third-order valence-electron chi connectivity index (χ3n) is 5.16. The van der Waals surface area contributed by atoms with Crippen molar-refractivity contribution >= 4 is 0 Å². The molecular formula is C20H33NO. The fraction of sp³-hybridized carbons (Fsp3) is 0.700. The van der Waals surface area contributed by atoms with E-state index in [1.807, 2.05) is 0 Å². The van der Waals surface area contributed by atoms with Crippen LogP contribution in [0.1, 0.15) is 64.5 Å². The number of rotatable bonds is 4. The highest BCUT2D eigenvalue weighted by atomic mass is 16.5. The number of hydrogen-bond acceptors (Lipinski definition) is 2. The van der Waals surface area contributed by atoms with Crippen molar-refractivity contribution in [3.05, 3.63) is 29.3 Å². The van der Waals surface area contributed by atoms with Gasteiger partial charge in [-0.05, 0) is 54.8 Å². The molecule has 124 valence electrons. The summed E-state index contributed by atoms with van der Waals surface area (Å²) in [7, 11) is 1.78. The van der Waals surface area contributed by atoms with Crippen LogP contribution in [-0.2, 0) is 6.54 Å². The first kappa shape index (κ1) is 17.3. The largest absolute Gasteiger partial charge is 0.496 e. The van der Waals surface area contributed by atoms with Gasteiger partial charge in [0.05, 0.1) is 7.11 Å². The van der Waals surface area contributed by atoms with E-state index in [0.29, 0.717) is 11.3 Å². The van der Waals surface area contributed by atoms with E-state index in [9.17, 15) is 0 Å². The normalized spacial score (nSPS) is 18.0. The number of nitrogens with zero attached hydrogens (tertiary/aromatic N) is 1. The molecule has 1 aromatic carbocycles. The van der Waals surface area contributed by atoms with E-state index in [1.165, 1.54) is 37.1 Å².